The van der Waals surface area contributed by atoms with Crippen LogP contribution in [0.5, 0.6) is 0 Å². The zero-order valence-corrected chi connectivity index (χ0v) is 8.75. The number of hydrogen-bond donors (Lipinski definition) is 1. The lowest BCUT2D eigenvalue weighted by atomic mass is 10.2. The van der Waals surface area contributed by atoms with Crippen LogP contribution < -0.4 is 0 Å². The van der Waals surface area contributed by atoms with Gasteiger partial charge < -0.3 is 0 Å². The number of rotatable bonds is 0. The first-order valence-corrected chi connectivity index (χ1v) is 4.85. The Hall–Kier alpha value is -1.02. The van der Waals surface area contributed by atoms with E-state index in [2.05, 4.69) is 17.6 Å². The van der Waals surface area contributed by atoms with Gasteiger partial charge in [-0.15, -0.1) is 12.6 Å². The minimum Gasteiger partial charge on any atom is -0.256 e. The number of pyridine rings is 1. The standard InChI is InChI=1S/C9H7NS.C2H6/c11-9-5-1-4-8-7(9)3-2-6-10-8;1-2/h1-6,11H;1-2H3. The molecule has 0 saturated heterocycles. The number of aromatic nitrogens is 1. The maximum Gasteiger partial charge on any atom is 0.0713 e. The summed E-state index contributed by atoms with van der Waals surface area (Å²) in [5, 5.41) is 1.11. The van der Waals surface area contributed by atoms with E-state index in [9.17, 15) is 0 Å². The second-order valence-corrected chi connectivity index (χ2v) is 2.83. The van der Waals surface area contributed by atoms with Crippen LogP contribution in [-0.2, 0) is 0 Å². The summed E-state index contributed by atoms with van der Waals surface area (Å²) >= 11 is 4.31. The third-order valence-electron chi connectivity index (χ3n) is 1.62. The maximum absolute atomic E-state index is 4.31. The summed E-state index contributed by atoms with van der Waals surface area (Å²) in [6.45, 7) is 4.00. The summed E-state index contributed by atoms with van der Waals surface area (Å²) in [5.41, 5.74) is 1.00. The van der Waals surface area contributed by atoms with Crippen molar-refractivity contribution in [2.24, 2.45) is 0 Å². The lowest BCUT2D eigenvalue weighted by Crippen LogP contribution is -1.76. The molecule has 0 saturated carbocycles. The molecule has 0 fully saturated rings. The molecule has 0 unspecified atom stereocenters. The molecule has 0 N–H and O–H groups in total. The van der Waals surface area contributed by atoms with Crippen LogP contribution in [0.3, 0.4) is 0 Å². The second kappa shape index (κ2) is 4.87. The van der Waals surface area contributed by atoms with Gasteiger partial charge in [0.1, 0.15) is 0 Å². The van der Waals surface area contributed by atoms with E-state index in [4.69, 9.17) is 0 Å². The summed E-state index contributed by atoms with van der Waals surface area (Å²) in [5.74, 6) is 0. The first-order chi connectivity index (χ1) is 6.38. The molecule has 0 bridgehead atoms. The number of hydrogen-bond acceptors (Lipinski definition) is 2. The van der Waals surface area contributed by atoms with Crippen LogP contribution in [0.4, 0.5) is 0 Å². The second-order valence-electron chi connectivity index (χ2n) is 2.35. The van der Waals surface area contributed by atoms with Crippen molar-refractivity contribution in [2.45, 2.75) is 18.7 Å². The molecule has 1 aromatic heterocycles. The van der Waals surface area contributed by atoms with Crippen LogP contribution in [0, 0.1) is 0 Å². The molecule has 0 amide bonds. The van der Waals surface area contributed by atoms with Crippen LogP contribution in [-0.4, -0.2) is 4.98 Å². The van der Waals surface area contributed by atoms with Crippen LogP contribution in [0.2, 0.25) is 0 Å². The van der Waals surface area contributed by atoms with Gasteiger partial charge in [0.25, 0.3) is 0 Å². The fourth-order valence-electron chi connectivity index (χ4n) is 1.09. The molecule has 0 radical (unpaired) electrons. The highest BCUT2D eigenvalue weighted by molar-refractivity contribution is 7.80. The molecule has 68 valence electrons. The van der Waals surface area contributed by atoms with Gasteiger partial charge in [0.05, 0.1) is 5.52 Å². The van der Waals surface area contributed by atoms with Gasteiger partial charge in [0.2, 0.25) is 0 Å². The van der Waals surface area contributed by atoms with Crippen molar-refractivity contribution in [1.29, 1.82) is 0 Å². The summed E-state index contributed by atoms with van der Waals surface area (Å²) in [4.78, 5) is 5.18. The zero-order valence-electron chi connectivity index (χ0n) is 7.86. The van der Waals surface area contributed by atoms with Crippen molar-refractivity contribution >= 4 is 23.5 Å². The van der Waals surface area contributed by atoms with Crippen LogP contribution >= 0.6 is 12.6 Å². The van der Waals surface area contributed by atoms with Gasteiger partial charge in [0.15, 0.2) is 0 Å². The molecule has 1 aromatic carbocycles. The third kappa shape index (κ3) is 2.22. The van der Waals surface area contributed by atoms with Gasteiger partial charge in [-0.25, -0.2) is 0 Å². The number of benzene rings is 1. The first-order valence-electron chi connectivity index (χ1n) is 4.40. The molecule has 13 heavy (non-hydrogen) atoms. The Morgan fingerprint density at radius 2 is 1.85 bits per heavy atom. The van der Waals surface area contributed by atoms with E-state index in [1.165, 1.54) is 0 Å². The predicted octanol–water partition coefficient (Wildman–Crippen LogP) is 3.55. The smallest absolute Gasteiger partial charge is 0.0713 e. The van der Waals surface area contributed by atoms with Gasteiger partial charge in [-0.3, -0.25) is 4.98 Å². The van der Waals surface area contributed by atoms with Crippen LogP contribution in [0.15, 0.2) is 41.4 Å². The molecule has 0 aliphatic rings. The average molecular weight is 191 g/mol. The van der Waals surface area contributed by atoms with Crippen molar-refractivity contribution in [3.05, 3.63) is 36.5 Å². The molecular formula is C11H13NS. The molecule has 1 heterocycles. The Bertz CT molecular complexity index is 379. The fourth-order valence-corrected chi connectivity index (χ4v) is 1.36. The Kier molecular flexibility index (Phi) is 3.77. The van der Waals surface area contributed by atoms with Crippen LogP contribution in [0.1, 0.15) is 13.8 Å². The Balaban J connectivity index is 0.000000396. The van der Waals surface area contributed by atoms with Crippen molar-refractivity contribution < 1.29 is 0 Å². The van der Waals surface area contributed by atoms with Gasteiger partial charge >= 0.3 is 0 Å². The van der Waals surface area contributed by atoms with E-state index in [1.54, 1.807) is 6.20 Å². The zero-order chi connectivity index (χ0) is 9.68. The van der Waals surface area contributed by atoms with E-state index in [-0.39, 0.29) is 0 Å². The Labute approximate surface area is 84.2 Å². The van der Waals surface area contributed by atoms with Gasteiger partial charge in [-0.05, 0) is 18.2 Å². The van der Waals surface area contributed by atoms with E-state index in [1.807, 2.05) is 44.2 Å². The highest BCUT2D eigenvalue weighted by atomic mass is 32.1. The number of fused-ring (bicyclic) bond motifs is 1. The normalized spacial score (nSPS) is 9.15. The Morgan fingerprint density at radius 3 is 2.54 bits per heavy atom. The molecule has 0 atom stereocenters. The number of thiol groups is 1. The molecule has 2 rings (SSSR count). The summed E-state index contributed by atoms with van der Waals surface area (Å²) in [6, 6.07) is 9.84. The first kappa shape index (κ1) is 10.1. The summed E-state index contributed by atoms with van der Waals surface area (Å²) < 4.78 is 0. The highest BCUT2D eigenvalue weighted by Gasteiger charge is 1.94. The Morgan fingerprint density at radius 1 is 1.08 bits per heavy atom. The maximum atomic E-state index is 4.31. The van der Waals surface area contributed by atoms with Gasteiger partial charge in [0, 0.05) is 16.5 Å². The van der Waals surface area contributed by atoms with E-state index in [0.29, 0.717) is 0 Å². The van der Waals surface area contributed by atoms with E-state index >= 15 is 0 Å². The molecule has 1 nitrogen and oxygen atoms in total. The molecule has 2 heteroatoms. The average Bonchev–Trinajstić information content (AvgIpc) is 2.22. The minimum absolute atomic E-state index is 0.982. The summed E-state index contributed by atoms with van der Waals surface area (Å²) in [7, 11) is 0. The van der Waals surface area contributed by atoms with E-state index in [0.717, 1.165) is 15.8 Å². The highest BCUT2D eigenvalue weighted by Crippen LogP contribution is 2.18. The van der Waals surface area contributed by atoms with Gasteiger partial charge in [-0.1, -0.05) is 26.0 Å². The quantitative estimate of drug-likeness (QED) is 0.628. The van der Waals surface area contributed by atoms with Gasteiger partial charge in [-0.2, -0.15) is 0 Å². The monoisotopic (exact) mass is 191 g/mol. The largest absolute Gasteiger partial charge is 0.256 e. The van der Waals surface area contributed by atoms with Crippen LogP contribution in [0.25, 0.3) is 10.9 Å². The minimum atomic E-state index is 0.982. The van der Waals surface area contributed by atoms with Crippen molar-refractivity contribution in [3.63, 3.8) is 0 Å². The van der Waals surface area contributed by atoms with Crippen molar-refractivity contribution in [3.8, 4) is 0 Å². The van der Waals surface area contributed by atoms with Crippen molar-refractivity contribution in [2.75, 3.05) is 0 Å². The topological polar surface area (TPSA) is 12.9 Å². The number of nitrogens with zero attached hydrogens (tertiary/aromatic N) is 1. The fraction of sp³-hybridized carbons (Fsp3) is 0.182. The van der Waals surface area contributed by atoms with Crippen molar-refractivity contribution in [1.82, 2.24) is 4.98 Å². The lowest BCUT2D eigenvalue weighted by Gasteiger charge is -1.97. The third-order valence-corrected chi connectivity index (χ3v) is 2.01. The lowest BCUT2D eigenvalue weighted by molar-refractivity contribution is 1.39. The molecular weight excluding hydrogens is 178 g/mol. The predicted molar refractivity (Wildman–Crippen MR) is 60.3 cm³/mol. The molecule has 0 aliphatic carbocycles. The molecule has 2 aromatic rings. The summed E-state index contributed by atoms with van der Waals surface area (Å²) in [6.07, 6.45) is 1.79. The molecule has 0 aliphatic heterocycles. The SMILES string of the molecule is CC.Sc1cccc2ncccc12. The molecule has 0 spiro atoms. The van der Waals surface area contributed by atoms with E-state index < -0.39 is 0 Å².